The number of hydrogen-bond acceptors (Lipinski definition) is 3. The first-order valence-electron chi connectivity index (χ1n) is 13.1. The van der Waals surface area contributed by atoms with E-state index >= 15 is 0 Å². The smallest absolute Gasteiger partial charge is 0.234 e. The van der Waals surface area contributed by atoms with E-state index in [1.54, 1.807) is 0 Å². The molecule has 2 heterocycles. The van der Waals surface area contributed by atoms with Crippen LogP contribution in [-0.2, 0) is 16.6 Å². The third kappa shape index (κ3) is 4.35. The fourth-order valence-electron chi connectivity index (χ4n) is 8.24. The Morgan fingerprint density at radius 2 is 1.70 bits per heavy atom. The van der Waals surface area contributed by atoms with Gasteiger partial charge in [-0.15, -0.1) is 0 Å². The molecule has 4 bridgehead atoms. The van der Waals surface area contributed by atoms with Crippen molar-refractivity contribution in [2.24, 2.45) is 17.8 Å². The topological polar surface area (TPSA) is 45.2 Å². The van der Waals surface area contributed by atoms with Crippen LogP contribution in [-0.4, -0.2) is 41.0 Å². The molecule has 4 heteroatoms. The third-order valence-electron chi connectivity index (χ3n) is 9.15. The number of rotatable bonds is 6. The van der Waals surface area contributed by atoms with Crippen molar-refractivity contribution in [2.45, 2.75) is 68.7 Å². The molecule has 1 saturated heterocycles. The molecule has 4 saturated carbocycles. The van der Waals surface area contributed by atoms with E-state index in [0.29, 0.717) is 12.5 Å². The Hall–Kier alpha value is -2.20. The van der Waals surface area contributed by atoms with Gasteiger partial charge in [-0.05, 0) is 112 Å². The number of nitrogens with zero attached hydrogens (tertiary/aromatic N) is 2. The molecule has 1 aromatic carbocycles. The lowest BCUT2D eigenvalue weighted by Gasteiger charge is -2.62. The van der Waals surface area contributed by atoms with E-state index in [4.69, 9.17) is 0 Å². The molecule has 5 fully saturated rings. The maximum absolute atomic E-state index is 13.2. The Morgan fingerprint density at radius 3 is 2.39 bits per heavy atom. The van der Waals surface area contributed by atoms with Crippen molar-refractivity contribution in [1.82, 2.24) is 15.2 Å². The van der Waals surface area contributed by atoms with Crippen molar-refractivity contribution in [3.63, 3.8) is 0 Å². The van der Waals surface area contributed by atoms with Gasteiger partial charge in [0, 0.05) is 17.4 Å². The lowest BCUT2D eigenvalue weighted by atomic mass is 9.45. The fourth-order valence-corrected chi connectivity index (χ4v) is 8.24. The predicted octanol–water partition coefficient (Wildman–Crippen LogP) is 4.74. The molecule has 2 unspecified atom stereocenters. The van der Waals surface area contributed by atoms with Crippen LogP contribution >= 0.6 is 0 Å². The van der Waals surface area contributed by atoms with Crippen LogP contribution in [0.2, 0.25) is 0 Å². The Morgan fingerprint density at radius 1 is 0.970 bits per heavy atom. The third-order valence-corrected chi connectivity index (χ3v) is 9.15. The molecule has 7 rings (SSSR count). The maximum atomic E-state index is 13.2. The number of carbonyl (C=O) groups is 1. The van der Waals surface area contributed by atoms with Crippen molar-refractivity contribution in [3.05, 3.63) is 66.0 Å². The minimum atomic E-state index is 0.0221. The fraction of sp³-hybridized carbons (Fsp3) is 0.586. The number of piperidine rings is 1. The molecule has 4 nitrogen and oxygen atoms in total. The number of pyridine rings is 1. The van der Waals surface area contributed by atoms with Crippen molar-refractivity contribution < 1.29 is 4.79 Å². The molecular weight excluding hydrogens is 406 g/mol. The van der Waals surface area contributed by atoms with E-state index in [1.807, 2.05) is 12.3 Å². The second kappa shape index (κ2) is 8.54. The molecule has 1 aromatic heterocycles. The van der Waals surface area contributed by atoms with E-state index in [1.165, 1.54) is 43.4 Å². The standard InChI is InChI=1S/C29H37N3O/c33-27(20-32-12-9-22(10-13-32)15-26-8-4-5-11-30-26)31-29-18-23-14-24(19-29)17-28(16-23,21-29)25-6-2-1-3-7-25/h1-8,11,22-24H,9-10,12-21H2,(H,31,33). The van der Waals surface area contributed by atoms with Gasteiger partial charge >= 0.3 is 0 Å². The van der Waals surface area contributed by atoms with Gasteiger partial charge in [0.2, 0.25) is 5.91 Å². The zero-order chi connectivity index (χ0) is 22.3. The summed E-state index contributed by atoms with van der Waals surface area (Å²) >= 11 is 0. The molecule has 2 atom stereocenters. The van der Waals surface area contributed by atoms with E-state index in [9.17, 15) is 4.79 Å². The lowest BCUT2D eigenvalue weighted by Crippen LogP contribution is -2.65. The zero-order valence-corrected chi connectivity index (χ0v) is 19.7. The van der Waals surface area contributed by atoms with Crippen molar-refractivity contribution in [3.8, 4) is 0 Å². The summed E-state index contributed by atoms with van der Waals surface area (Å²) in [5.74, 6) is 2.49. The van der Waals surface area contributed by atoms with Crippen LogP contribution in [0.25, 0.3) is 0 Å². The summed E-state index contributed by atoms with van der Waals surface area (Å²) in [4.78, 5) is 20.1. The Bertz CT molecular complexity index is 953. The first kappa shape index (κ1) is 21.3. The predicted molar refractivity (Wildman–Crippen MR) is 131 cm³/mol. The van der Waals surface area contributed by atoms with Crippen molar-refractivity contribution in [1.29, 1.82) is 0 Å². The van der Waals surface area contributed by atoms with Gasteiger partial charge in [0.15, 0.2) is 0 Å². The molecule has 4 aliphatic carbocycles. The largest absolute Gasteiger partial charge is 0.350 e. The Kier molecular flexibility index (Phi) is 5.52. The number of carbonyl (C=O) groups excluding carboxylic acids is 1. The first-order chi connectivity index (χ1) is 16.1. The number of hydrogen-bond donors (Lipinski definition) is 1. The average Bonchev–Trinajstić information content (AvgIpc) is 2.80. The van der Waals surface area contributed by atoms with Gasteiger partial charge in [0.05, 0.1) is 6.54 Å². The molecule has 1 N–H and O–H groups in total. The highest BCUT2D eigenvalue weighted by atomic mass is 16.2. The summed E-state index contributed by atoms with van der Waals surface area (Å²) in [6.07, 6.45) is 12.8. The van der Waals surface area contributed by atoms with Gasteiger partial charge in [0.25, 0.3) is 0 Å². The summed E-state index contributed by atoms with van der Waals surface area (Å²) in [7, 11) is 0. The van der Waals surface area contributed by atoms with Crippen molar-refractivity contribution in [2.75, 3.05) is 19.6 Å². The van der Waals surface area contributed by atoms with E-state index in [-0.39, 0.29) is 16.9 Å². The number of nitrogens with one attached hydrogen (secondary N) is 1. The molecule has 1 amide bonds. The maximum Gasteiger partial charge on any atom is 0.234 e. The van der Waals surface area contributed by atoms with Crippen LogP contribution in [0.1, 0.15) is 62.6 Å². The molecule has 0 radical (unpaired) electrons. The van der Waals surface area contributed by atoms with Gasteiger partial charge in [-0.25, -0.2) is 0 Å². The number of amides is 1. The molecule has 0 spiro atoms. The number of benzene rings is 1. The minimum absolute atomic E-state index is 0.0221. The molecule has 5 aliphatic rings. The van der Waals surface area contributed by atoms with Crippen LogP contribution in [0.5, 0.6) is 0 Å². The normalized spacial score (nSPS) is 33.8. The highest BCUT2D eigenvalue weighted by Gasteiger charge is 2.58. The molecule has 33 heavy (non-hydrogen) atoms. The summed E-state index contributed by atoms with van der Waals surface area (Å²) < 4.78 is 0. The highest BCUT2D eigenvalue weighted by molar-refractivity contribution is 5.79. The quantitative estimate of drug-likeness (QED) is 0.701. The Balaban J connectivity index is 1.06. The molecule has 174 valence electrons. The zero-order valence-electron chi connectivity index (χ0n) is 19.7. The molecular formula is C29H37N3O. The van der Waals surface area contributed by atoms with Gasteiger partial charge in [-0.1, -0.05) is 36.4 Å². The van der Waals surface area contributed by atoms with E-state index < -0.39 is 0 Å². The van der Waals surface area contributed by atoms with Crippen molar-refractivity contribution >= 4 is 5.91 Å². The van der Waals surface area contributed by atoms with Crippen LogP contribution in [0.4, 0.5) is 0 Å². The average molecular weight is 444 g/mol. The second-order valence-electron chi connectivity index (χ2n) is 11.7. The summed E-state index contributed by atoms with van der Waals surface area (Å²) in [6, 6.07) is 17.4. The first-order valence-corrected chi connectivity index (χ1v) is 13.1. The summed E-state index contributed by atoms with van der Waals surface area (Å²) in [6.45, 7) is 2.61. The SMILES string of the molecule is O=C(CN1CCC(Cc2ccccn2)CC1)NC12CC3CC(C1)CC(c1ccccc1)(C3)C2. The van der Waals surface area contributed by atoms with Gasteiger partial charge in [-0.3, -0.25) is 14.7 Å². The lowest BCUT2D eigenvalue weighted by molar-refractivity contribution is -0.129. The van der Waals surface area contributed by atoms with E-state index in [2.05, 4.69) is 57.7 Å². The van der Waals surface area contributed by atoms with Gasteiger partial charge in [0.1, 0.15) is 0 Å². The van der Waals surface area contributed by atoms with Gasteiger partial charge in [-0.2, -0.15) is 0 Å². The number of likely N-dealkylation sites (tertiary alicyclic amines) is 1. The second-order valence-corrected chi connectivity index (χ2v) is 11.7. The molecule has 2 aromatic rings. The minimum Gasteiger partial charge on any atom is -0.350 e. The van der Waals surface area contributed by atoms with E-state index in [0.717, 1.165) is 50.6 Å². The van der Waals surface area contributed by atoms with Gasteiger partial charge < -0.3 is 5.32 Å². The summed E-state index contributed by atoms with van der Waals surface area (Å²) in [5, 5.41) is 3.63. The molecule has 1 aliphatic heterocycles. The van der Waals surface area contributed by atoms with Crippen LogP contribution in [0.3, 0.4) is 0 Å². The van der Waals surface area contributed by atoms with Crippen LogP contribution < -0.4 is 5.32 Å². The highest BCUT2D eigenvalue weighted by Crippen LogP contribution is 2.62. The number of aromatic nitrogens is 1. The van der Waals surface area contributed by atoms with Crippen LogP contribution in [0.15, 0.2) is 54.7 Å². The summed E-state index contributed by atoms with van der Waals surface area (Å²) in [5.41, 5.74) is 3.01. The van der Waals surface area contributed by atoms with Crippen LogP contribution in [0, 0.1) is 17.8 Å². The Labute approximate surface area is 198 Å². The monoisotopic (exact) mass is 443 g/mol.